The summed E-state index contributed by atoms with van der Waals surface area (Å²) < 4.78 is 0. The minimum atomic E-state index is -0.299. The van der Waals surface area contributed by atoms with Crippen molar-refractivity contribution in [2.75, 3.05) is 0 Å². The molecule has 0 aromatic carbocycles. The molecule has 2 nitrogen and oxygen atoms in total. The van der Waals surface area contributed by atoms with Gasteiger partial charge in [0.05, 0.1) is 12.2 Å². The van der Waals surface area contributed by atoms with Crippen molar-refractivity contribution >= 4 is 0 Å². The van der Waals surface area contributed by atoms with Crippen LogP contribution < -0.4 is 0 Å². The van der Waals surface area contributed by atoms with Crippen LogP contribution >= 0.6 is 0 Å². The highest BCUT2D eigenvalue weighted by molar-refractivity contribution is 4.63. The zero-order valence-electron chi connectivity index (χ0n) is 9.00. The minimum absolute atomic E-state index is 0.299. The van der Waals surface area contributed by atoms with Crippen LogP contribution in [0.2, 0.25) is 0 Å². The number of hydrogen-bond acceptors (Lipinski definition) is 2. The van der Waals surface area contributed by atoms with E-state index in [0.717, 1.165) is 38.5 Å². The van der Waals surface area contributed by atoms with Gasteiger partial charge >= 0.3 is 0 Å². The van der Waals surface area contributed by atoms with Crippen molar-refractivity contribution in [3.05, 3.63) is 0 Å². The fraction of sp³-hybridized carbons (Fsp3) is 1.00. The summed E-state index contributed by atoms with van der Waals surface area (Å²) in [6.45, 7) is 4.22. The number of rotatable bonds is 8. The quantitative estimate of drug-likeness (QED) is 0.614. The van der Waals surface area contributed by atoms with Crippen LogP contribution in [0.4, 0.5) is 0 Å². The van der Waals surface area contributed by atoms with E-state index < -0.39 is 0 Å². The summed E-state index contributed by atoms with van der Waals surface area (Å²) in [7, 11) is 0. The standard InChI is InChI=1S/C11H24O2/c1-3-5-7-10(12)9-11(13)8-6-4-2/h10-13H,3-9H2,1-2H3. The van der Waals surface area contributed by atoms with Gasteiger partial charge in [-0.25, -0.2) is 0 Å². The predicted molar refractivity (Wildman–Crippen MR) is 55.7 cm³/mol. The zero-order valence-corrected chi connectivity index (χ0v) is 9.00. The highest BCUT2D eigenvalue weighted by Gasteiger charge is 2.10. The van der Waals surface area contributed by atoms with E-state index in [1.165, 1.54) is 0 Å². The Hall–Kier alpha value is -0.0800. The second kappa shape index (κ2) is 8.52. The van der Waals surface area contributed by atoms with Gasteiger partial charge in [-0.3, -0.25) is 0 Å². The maximum absolute atomic E-state index is 9.49. The first-order valence-electron chi connectivity index (χ1n) is 5.56. The number of aliphatic hydroxyl groups excluding tert-OH is 2. The van der Waals surface area contributed by atoms with E-state index >= 15 is 0 Å². The first-order valence-corrected chi connectivity index (χ1v) is 5.56. The normalized spacial score (nSPS) is 15.7. The predicted octanol–water partition coefficient (Wildman–Crippen LogP) is 2.48. The molecule has 0 aliphatic heterocycles. The average Bonchev–Trinajstić information content (AvgIpc) is 2.11. The van der Waals surface area contributed by atoms with Crippen LogP contribution in [0, 0.1) is 0 Å². The lowest BCUT2D eigenvalue weighted by Gasteiger charge is -2.14. The summed E-state index contributed by atoms with van der Waals surface area (Å²) in [4.78, 5) is 0. The van der Waals surface area contributed by atoms with Crippen LogP contribution in [-0.2, 0) is 0 Å². The van der Waals surface area contributed by atoms with E-state index in [-0.39, 0.29) is 12.2 Å². The van der Waals surface area contributed by atoms with Crippen LogP contribution in [-0.4, -0.2) is 22.4 Å². The van der Waals surface area contributed by atoms with Gasteiger partial charge in [0.2, 0.25) is 0 Å². The summed E-state index contributed by atoms with van der Waals surface area (Å²) in [5.74, 6) is 0. The van der Waals surface area contributed by atoms with Crippen LogP contribution in [0.3, 0.4) is 0 Å². The molecule has 13 heavy (non-hydrogen) atoms. The highest BCUT2D eigenvalue weighted by atomic mass is 16.3. The zero-order chi connectivity index (χ0) is 10.1. The highest BCUT2D eigenvalue weighted by Crippen LogP contribution is 2.11. The molecule has 2 heteroatoms. The summed E-state index contributed by atoms with van der Waals surface area (Å²) >= 11 is 0. The van der Waals surface area contributed by atoms with Crippen molar-refractivity contribution in [1.82, 2.24) is 0 Å². The van der Waals surface area contributed by atoms with Gasteiger partial charge in [-0.1, -0.05) is 39.5 Å². The molecule has 2 N–H and O–H groups in total. The number of unbranched alkanes of at least 4 members (excludes halogenated alkanes) is 2. The molecular formula is C11H24O2. The summed E-state index contributed by atoms with van der Waals surface area (Å²) in [5, 5.41) is 19.0. The molecule has 0 aliphatic carbocycles. The third kappa shape index (κ3) is 8.26. The van der Waals surface area contributed by atoms with Crippen LogP contribution in [0.25, 0.3) is 0 Å². The van der Waals surface area contributed by atoms with E-state index in [0.29, 0.717) is 6.42 Å². The Bertz CT molecular complexity index is 92.3. The Balaban J connectivity index is 3.35. The topological polar surface area (TPSA) is 40.5 Å². The van der Waals surface area contributed by atoms with Crippen LogP contribution in [0.15, 0.2) is 0 Å². The smallest absolute Gasteiger partial charge is 0.0564 e. The lowest BCUT2D eigenvalue weighted by atomic mass is 10.0. The van der Waals surface area contributed by atoms with E-state index in [2.05, 4.69) is 13.8 Å². The third-order valence-electron chi connectivity index (χ3n) is 2.33. The second-order valence-electron chi connectivity index (χ2n) is 3.83. The largest absolute Gasteiger partial charge is 0.393 e. The molecule has 0 heterocycles. The first kappa shape index (κ1) is 12.9. The molecule has 0 rings (SSSR count). The molecule has 2 atom stereocenters. The van der Waals surface area contributed by atoms with Gasteiger partial charge in [-0.2, -0.15) is 0 Å². The van der Waals surface area contributed by atoms with Crippen molar-refractivity contribution in [2.45, 2.75) is 71.0 Å². The molecule has 0 amide bonds. The van der Waals surface area contributed by atoms with Gasteiger partial charge in [-0.15, -0.1) is 0 Å². The monoisotopic (exact) mass is 188 g/mol. The molecule has 0 aromatic heterocycles. The molecule has 2 unspecified atom stereocenters. The Kier molecular flexibility index (Phi) is 8.46. The minimum Gasteiger partial charge on any atom is -0.393 e. The van der Waals surface area contributed by atoms with Gasteiger partial charge in [0.1, 0.15) is 0 Å². The molecule has 0 aliphatic rings. The maximum Gasteiger partial charge on any atom is 0.0564 e. The molecule has 0 saturated heterocycles. The molecule has 0 bridgehead atoms. The second-order valence-corrected chi connectivity index (χ2v) is 3.83. The average molecular weight is 188 g/mol. The Morgan fingerprint density at radius 1 is 0.846 bits per heavy atom. The summed E-state index contributed by atoms with van der Waals surface area (Å²) in [6, 6.07) is 0. The summed E-state index contributed by atoms with van der Waals surface area (Å²) in [6.07, 6.45) is 5.96. The molecule has 0 radical (unpaired) electrons. The lowest BCUT2D eigenvalue weighted by Crippen LogP contribution is -2.17. The molecule has 0 aromatic rings. The number of hydrogen-bond donors (Lipinski definition) is 2. The third-order valence-corrected chi connectivity index (χ3v) is 2.33. The van der Waals surface area contributed by atoms with Crippen LogP contribution in [0.1, 0.15) is 58.8 Å². The Morgan fingerprint density at radius 2 is 1.23 bits per heavy atom. The Morgan fingerprint density at radius 3 is 1.54 bits per heavy atom. The van der Waals surface area contributed by atoms with Gasteiger partial charge in [-0.05, 0) is 19.3 Å². The van der Waals surface area contributed by atoms with E-state index in [1.54, 1.807) is 0 Å². The van der Waals surface area contributed by atoms with Crippen molar-refractivity contribution in [2.24, 2.45) is 0 Å². The van der Waals surface area contributed by atoms with Gasteiger partial charge in [0, 0.05) is 0 Å². The molecular weight excluding hydrogens is 164 g/mol. The van der Waals surface area contributed by atoms with Crippen LogP contribution in [0.5, 0.6) is 0 Å². The molecule has 80 valence electrons. The van der Waals surface area contributed by atoms with Gasteiger partial charge in [0.25, 0.3) is 0 Å². The van der Waals surface area contributed by atoms with Crippen molar-refractivity contribution in [3.63, 3.8) is 0 Å². The fourth-order valence-electron chi connectivity index (χ4n) is 1.43. The first-order chi connectivity index (χ1) is 6.20. The molecule has 0 spiro atoms. The van der Waals surface area contributed by atoms with Gasteiger partial charge in [0.15, 0.2) is 0 Å². The van der Waals surface area contributed by atoms with Gasteiger partial charge < -0.3 is 10.2 Å². The van der Waals surface area contributed by atoms with Crippen molar-refractivity contribution in [1.29, 1.82) is 0 Å². The molecule has 0 saturated carbocycles. The maximum atomic E-state index is 9.49. The summed E-state index contributed by atoms with van der Waals surface area (Å²) in [5.41, 5.74) is 0. The molecule has 0 fully saturated rings. The van der Waals surface area contributed by atoms with E-state index in [4.69, 9.17) is 0 Å². The SMILES string of the molecule is CCCCC(O)CC(O)CCCC. The van der Waals surface area contributed by atoms with E-state index in [9.17, 15) is 10.2 Å². The Labute approximate surface area is 82.0 Å². The van der Waals surface area contributed by atoms with E-state index in [1.807, 2.05) is 0 Å². The number of aliphatic hydroxyl groups is 2. The van der Waals surface area contributed by atoms with Crippen molar-refractivity contribution < 1.29 is 10.2 Å². The fourth-order valence-corrected chi connectivity index (χ4v) is 1.43. The lowest BCUT2D eigenvalue weighted by molar-refractivity contribution is 0.0686. The van der Waals surface area contributed by atoms with Crippen molar-refractivity contribution in [3.8, 4) is 0 Å².